The Bertz CT molecular complexity index is 375. The molecule has 1 atom stereocenters. The van der Waals surface area contributed by atoms with E-state index in [-0.39, 0.29) is 11.8 Å². The van der Waals surface area contributed by atoms with Crippen LogP contribution < -0.4 is 10.1 Å². The number of rotatable bonds is 3. The van der Waals surface area contributed by atoms with E-state index in [9.17, 15) is 13.2 Å². The molecule has 1 aliphatic heterocycles. The van der Waals surface area contributed by atoms with Crippen molar-refractivity contribution in [3.63, 3.8) is 0 Å². The monoisotopic (exact) mass is 246 g/mol. The van der Waals surface area contributed by atoms with Crippen LogP contribution in [0.2, 0.25) is 0 Å². The van der Waals surface area contributed by atoms with Crippen molar-refractivity contribution >= 4 is 0 Å². The number of halogens is 3. The molecule has 1 fully saturated rings. The largest absolute Gasteiger partial charge is 0.482 e. The van der Waals surface area contributed by atoms with Crippen LogP contribution in [0.15, 0.2) is 18.5 Å². The molecule has 0 aromatic carbocycles. The summed E-state index contributed by atoms with van der Waals surface area (Å²) in [5.41, 5.74) is 0.877. The van der Waals surface area contributed by atoms with E-state index in [4.69, 9.17) is 0 Å². The van der Waals surface area contributed by atoms with Crippen molar-refractivity contribution in [2.75, 3.05) is 13.2 Å². The van der Waals surface area contributed by atoms with Crippen molar-refractivity contribution < 1.29 is 17.9 Å². The highest BCUT2D eigenvalue weighted by molar-refractivity contribution is 5.26. The van der Waals surface area contributed by atoms with Gasteiger partial charge in [0.1, 0.15) is 5.75 Å². The lowest BCUT2D eigenvalue weighted by molar-refractivity contribution is -0.153. The van der Waals surface area contributed by atoms with Gasteiger partial charge in [-0.25, -0.2) is 0 Å². The average Bonchev–Trinajstić information content (AvgIpc) is 2.79. The van der Waals surface area contributed by atoms with E-state index >= 15 is 0 Å². The van der Waals surface area contributed by atoms with Crippen LogP contribution in [-0.2, 0) is 0 Å². The Labute approximate surface area is 97.0 Å². The molecule has 0 bridgehead atoms. The second-order valence-electron chi connectivity index (χ2n) is 4.01. The van der Waals surface area contributed by atoms with Gasteiger partial charge < -0.3 is 10.1 Å². The van der Waals surface area contributed by atoms with E-state index in [2.05, 4.69) is 15.0 Å². The molecule has 0 aliphatic carbocycles. The van der Waals surface area contributed by atoms with Crippen molar-refractivity contribution in [2.24, 2.45) is 0 Å². The minimum Gasteiger partial charge on any atom is -0.482 e. The van der Waals surface area contributed by atoms with Gasteiger partial charge in [-0.3, -0.25) is 4.98 Å². The smallest absolute Gasteiger partial charge is 0.422 e. The lowest BCUT2D eigenvalue weighted by Crippen LogP contribution is -2.19. The molecule has 0 amide bonds. The topological polar surface area (TPSA) is 34.1 Å². The Morgan fingerprint density at radius 3 is 2.88 bits per heavy atom. The van der Waals surface area contributed by atoms with Crippen LogP contribution in [0, 0.1) is 0 Å². The predicted octanol–water partition coefficient (Wildman–Crippen LogP) is 2.45. The first-order chi connectivity index (χ1) is 8.04. The van der Waals surface area contributed by atoms with Gasteiger partial charge >= 0.3 is 6.18 Å². The van der Waals surface area contributed by atoms with E-state index in [0.29, 0.717) is 0 Å². The van der Waals surface area contributed by atoms with Crippen LogP contribution in [0.5, 0.6) is 5.75 Å². The maximum absolute atomic E-state index is 12.0. The third-order valence-corrected chi connectivity index (χ3v) is 2.60. The molecule has 94 valence electrons. The van der Waals surface area contributed by atoms with E-state index in [0.717, 1.165) is 24.9 Å². The second-order valence-corrected chi connectivity index (χ2v) is 4.01. The number of hydrogen-bond acceptors (Lipinski definition) is 3. The predicted molar refractivity (Wildman–Crippen MR) is 55.8 cm³/mol. The zero-order valence-corrected chi connectivity index (χ0v) is 9.13. The number of hydrogen-bond donors (Lipinski definition) is 1. The molecule has 17 heavy (non-hydrogen) atoms. The molecule has 1 unspecified atom stereocenters. The van der Waals surface area contributed by atoms with Crippen molar-refractivity contribution in [2.45, 2.75) is 25.1 Å². The first-order valence-corrected chi connectivity index (χ1v) is 5.42. The first-order valence-electron chi connectivity index (χ1n) is 5.42. The zero-order chi connectivity index (χ0) is 12.3. The molecule has 0 spiro atoms. The zero-order valence-electron chi connectivity index (χ0n) is 9.13. The molecular formula is C11H13F3N2O. The minimum atomic E-state index is -4.32. The Hall–Kier alpha value is -1.30. The highest BCUT2D eigenvalue weighted by Crippen LogP contribution is 2.25. The number of alkyl halides is 3. The molecule has 3 nitrogen and oxygen atoms in total. The normalized spacial score (nSPS) is 20.5. The standard InChI is InChI=1S/C11H13F3N2O/c12-11(13,14)7-17-9-4-8(5-15-6-9)10-2-1-3-16-10/h4-6,10,16H,1-3,7H2. The van der Waals surface area contributed by atoms with Crippen LogP contribution in [-0.4, -0.2) is 24.3 Å². The molecule has 6 heteroatoms. The molecule has 1 saturated heterocycles. The van der Waals surface area contributed by atoms with Gasteiger partial charge in [0.25, 0.3) is 0 Å². The SMILES string of the molecule is FC(F)(F)COc1cncc(C2CCCN2)c1. The molecule has 0 saturated carbocycles. The summed E-state index contributed by atoms with van der Waals surface area (Å²) in [6.07, 6.45) is 0.679. The fraction of sp³-hybridized carbons (Fsp3) is 0.545. The van der Waals surface area contributed by atoms with Crippen LogP contribution >= 0.6 is 0 Å². The van der Waals surface area contributed by atoms with E-state index in [1.54, 1.807) is 12.3 Å². The van der Waals surface area contributed by atoms with Gasteiger partial charge in [0, 0.05) is 12.2 Å². The quantitative estimate of drug-likeness (QED) is 0.889. The van der Waals surface area contributed by atoms with Crippen molar-refractivity contribution in [3.05, 3.63) is 24.0 Å². The minimum absolute atomic E-state index is 0.161. The number of nitrogens with one attached hydrogen (secondary N) is 1. The van der Waals surface area contributed by atoms with E-state index in [1.807, 2.05) is 0 Å². The third kappa shape index (κ3) is 3.59. The highest BCUT2D eigenvalue weighted by atomic mass is 19.4. The fourth-order valence-corrected chi connectivity index (χ4v) is 1.84. The van der Waals surface area contributed by atoms with Gasteiger partial charge in [0.15, 0.2) is 6.61 Å². The summed E-state index contributed by atoms with van der Waals surface area (Å²) in [5.74, 6) is 0.161. The summed E-state index contributed by atoms with van der Waals surface area (Å²) in [6.45, 7) is -0.353. The van der Waals surface area contributed by atoms with Gasteiger partial charge in [-0.2, -0.15) is 13.2 Å². The van der Waals surface area contributed by atoms with Crippen LogP contribution in [0.3, 0.4) is 0 Å². The summed E-state index contributed by atoms with van der Waals surface area (Å²) < 4.78 is 40.6. The maximum atomic E-state index is 12.0. The molecular weight excluding hydrogens is 233 g/mol. The van der Waals surface area contributed by atoms with Crippen molar-refractivity contribution in [1.29, 1.82) is 0 Å². The Morgan fingerprint density at radius 1 is 1.41 bits per heavy atom. The fourth-order valence-electron chi connectivity index (χ4n) is 1.84. The number of ether oxygens (including phenoxy) is 1. The summed E-state index contributed by atoms with van der Waals surface area (Å²) in [5, 5.41) is 3.25. The van der Waals surface area contributed by atoms with Gasteiger partial charge in [-0.1, -0.05) is 0 Å². The summed E-state index contributed by atoms with van der Waals surface area (Å²) in [6, 6.07) is 1.79. The van der Waals surface area contributed by atoms with Gasteiger partial charge in [-0.05, 0) is 31.0 Å². The Balaban J connectivity index is 2.01. The molecule has 2 heterocycles. The average molecular weight is 246 g/mol. The lowest BCUT2D eigenvalue weighted by atomic mass is 10.1. The van der Waals surface area contributed by atoms with Crippen molar-refractivity contribution in [1.82, 2.24) is 10.3 Å². The van der Waals surface area contributed by atoms with Crippen LogP contribution in [0.1, 0.15) is 24.4 Å². The summed E-state index contributed by atoms with van der Waals surface area (Å²) in [7, 11) is 0. The first kappa shape index (κ1) is 12.2. The Morgan fingerprint density at radius 2 is 2.24 bits per heavy atom. The van der Waals surface area contributed by atoms with Crippen LogP contribution in [0.25, 0.3) is 0 Å². The maximum Gasteiger partial charge on any atom is 0.422 e. The van der Waals surface area contributed by atoms with E-state index in [1.165, 1.54) is 6.20 Å². The number of nitrogens with zero attached hydrogens (tertiary/aromatic N) is 1. The third-order valence-electron chi connectivity index (χ3n) is 2.60. The summed E-state index contributed by atoms with van der Waals surface area (Å²) >= 11 is 0. The van der Waals surface area contributed by atoms with E-state index < -0.39 is 12.8 Å². The lowest BCUT2D eigenvalue weighted by Gasteiger charge is -2.13. The van der Waals surface area contributed by atoms with Gasteiger partial charge in [0.05, 0.1) is 6.20 Å². The number of aromatic nitrogens is 1. The molecule has 1 aliphatic rings. The molecule has 1 N–H and O–H groups in total. The molecule has 1 aromatic heterocycles. The van der Waals surface area contributed by atoms with Gasteiger partial charge in [0.2, 0.25) is 0 Å². The van der Waals surface area contributed by atoms with Crippen LogP contribution in [0.4, 0.5) is 13.2 Å². The Kier molecular flexibility index (Phi) is 3.51. The summed E-state index contributed by atoms with van der Waals surface area (Å²) in [4.78, 5) is 3.90. The number of pyridine rings is 1. The second kappa shape index (κ2) is 4.91. The van der Waals surface area contributed by atoms with Crippen molar-refractivity contribution in [3.8, 4) is 5.75 Å². The highest BCUT2D eigenvalue weighted by Gasteiger charge is 2.28. The van der Waals surface area contributed by atoms with Gasteiger partial charge in [-0.15, -0.1) is 0 Å². The molecule has 1 aromatic rings. The molecule has 0 radical (unpaired) electrons. The molecule has 2 rings (SSSR count).